The zero-order valence-corrected chi connectivity index (χ0v) is 8.54. The first-order valence-electron chi connectivity index (χ1n) is 5.13. The lowest BCUT2D eigenvalue weighted by Crippen LogP contribution is -2.37. The Bertz CT molecular complexity index is 230. The van der Waals surface area contributed by atoms with Crippen molar-refractivity contribution in [2.24, 2.45) is 0 Å². The van der Waals surface area contributed by atoms with Crippen molar-refractivity contribution in [3.63, 3.8) is 0 Å². The fraction of sp³-hybridized carbons (Fsp3) is 0.700. The quantitative estimate of drug-likeness (QED) is 0.434. The van der Waals surface area contributed by atoms with E-state index in [0.29, 0.717) is 13.0 Å². The maximum Gasteiger partial charge on any atom is 0.303 e. The van der Waals surface area contributed by atoms with E-state index in [4.69, 9.17) is 5.11 Å². The van der Waals surface area contributed by atoms with E-state index in [1.807, 2.05) is 0 Å². The number of rotatable bonds is 6. The Hall–Kier alpha value is -0.910. The molecule has 1 heterocycles. The Labute approximate surface area is 88.6 Å². The molecule has 86 valence electrons. The van der Waals surface area contributed by atoms with Gasteiger partial charge in [0.05, 0.1) is 0 Å². The molecule has 0 amide bonds. The molecule has 2 atom stereocenters. The molecule has 0 radical (unpaired) electrons. The Morgan fingerprint density at radius 3 is 2.27 bits per heavy atom. The van der Waals surface area contributed by atoms with Crippen LogP contribution in [-0.4, -0.2) is 45.2 Å². The maximum atomic E-state index is 10.2. The third kappa shape index (κ3) is 3.99. The normalized spacial score (nSPS) is 26.0. The molecule has 2 unspecified atom stereocenters. The van der Waals surface area contributed by atoms with Gasteiger partial charge < -0.3 is 15.3 Å². The van der Waals surface area contributed by atoms with Crippen molar-refractivity contribution >= 4 is 5.97 Å². The Balaban J connectivity index is 2.07. The number of carboxylic acid groups (broad SMARTS) is 1. The van der Waals surface area contributed by atoms with E-state index in [1.54, 1.807) is 17.1 Å². The van der Waals surface area contributed by atoms with Gasteiger partial charge >= 0.3 is 5.97 Å². The highest BCUT2D eigenvalue weighted by atomic mass is 16.4. The SMILES string of the molecule is O=C(O)CCCCCN1C(O)C=CC1O. The lowest BCUT2D eigenvalue weighted by molar-refractivity contribution is -0.137. The molecule has 0 bridgehead atoms. The smallest absolute Gasteiger partial charge is 0.303 e. The van der Waals surface area contributed by atoms with Gasteiger partial charge in [0.15, 0.2) is 0 Å². The average Bonchev–Trinajstić information content (AvgIpc) is 2.47. The highest BCUT2D eigenvalue weighted by Gasteiger charge is 2.23. The minimum Gasteiger partial charge on any atom is -0.481 e. The van der Waals surface area contributed by atoms with Crippen molar-refractivity contribution in [2.75, 3.05) is 6.54 Å². The van der Waals surface area contributed by atoms with E-state index in [2.05, 4.69) is 0 Å². The number of nitrogens with zero attached hydrogens (tertiary/aromatic N) is 1. The van der Waals surface area contributed by atoms with E-state index >= 15 is 0 Å². The van der Waals surface area contributed by atoms with Crippen LogP contribution in [0.5, 0.6) is 0 Å². The summed E-state index contributed by atoms with van der Waals surface area (Å²) in [6.45, 7) is 0.578. The molecule has 1 aliphatic heterocycles. The van der Waals surface area contributed by atoms with Gasteiger partial charge in [-0.25, -0.2) is 4.90 Å². The highest BCUT2D eigenvalue weighted by Crippen LogP contribution is 2.14. The Morgan fingerprint density at radius 2 is 1.73 bits per heavy atom. The number of carbonyl (C=O) groups is 1. The minimum absolute atomic E-state index is 0.184. The molecule has 1 aliphatic rings. The summed E-state index contributed by atoms with van der Waals surface area (Å²) < 4.78 is 0. The van der Waals surface area contributed by atoms with Gasteiger partial charge in [-0.05, 0) is 25.0 Å². The molecule has 0 spiro atoms. The lowest BCUT2D eigenvalue weighted by Gasteiger charge is -2.23. The van der Waals surface area contributed by atoms with Crippen LogP contribution in [-0.2, 0) is 4.79 Å². The summed E-state index contributed by atoms with van der Waals surface area (Å²) in [7, 11) is 0. The zero-order chi connectivity index (χ0) is 11.3. The van der Waals surface area contributed by atoms with Gasteiger partial charge in [0, 0.05) is 13.0 Å². The number of hydrogen-bond acceptors (Lipinski definition) is 4. The predicted molar refractivity (Wildman–Crippen MR) is 54.0 cm³/mol. The van der Waals surface area contributed by atoms with E-state index in [0.717, 1.165) is 12.8 Å². The first-order valence-corrected chi connectivity index (χ1v) is 5.13. The van der Waals surface area contributed by atoms with Gasteiger partial charge in [0.2, 0.25) is 0 Å². The Kier molecular flexibility index (Phi) is 4.74. The van der Waals surface area contributed by atoms with Gasteiger partial charge in [0.25, 0.3) is 0 Å². The van der Waals surface area contributed by atoms with Crippen LogP contribution >= 0.6 is 0 Å². The molecule has 1 rings (SSSR count). The van der Waals surface area contributed by atoms with Crippen molar-refractivity contribution in [1.82, 2.24) is 4.90 Å². The zero-order valence-electron chi connectivity index (χ0n) is 8.54. The molecular formula is C10H17NO4. The van der Waals surface area contributed by atoms with Crippen molar-refractivity contribution in [2.45, 2.75) is 38.1 Å². The number of aliphatic carboxylic acids is 1. The van der Waals surface area contributed by atoms with Gasteiger partial charge in [-0.2, -0.15) is 0 Å². The largest absolute Gasteiger partial charge is 0.481 e. The monoisotopic (exact) mass is 215 g/mol. The molecule has 5 nitrogen and oxygen atoms in total. The third-order valence-corrected chi connectivity index (χ3v) is 2.44. The van der Waals surface area contributed by atoms with Crippen LogP contribution < -0.4 is 0 Å². The molecule has 3 N–H and O–H groups in total. The second-order valence-corrected chi connectivity index (χ2v) is 3.65. The average molecular weight is 215 g/mol. The van der Waals surface area contributed by atoms with Crippen LogP contribution in [0.4, 0.5) is 0 Å². The maximum absolute atomic E-state index is 10.2. The van der Waals surface area contributed by atoms with E-state index in [9.17, 15) is 15.0 Å². The second-order valence-electron chi connectivity index (χ2n) is 3.65. The minimum atomic E-state index is -0.780. The summed E-state index contributed by atoms with van der Waals surface area (Å²) in [4.78, 5) is 11.8. The molecule has 15 heavy (non-hydrogen) atoms. The van der Waals surface area contributed by atoms with Crippen LogP contribution in [0.2, 0.25) is 0 Å². The summed E-state index contributed by atoms with van der Waals surface area (Å²) in [5, 5.41) is 27.2. The highest BCUT2D eigenvalue weighted by molar-refractivity contribution is 5.66. The summed E-state index contributed by atoms with van der Waals surface area (Å²) in [6.07, 6.45) is 4.07. The third-order valence-electron chi connectivity index (χ3n) is 2.44. The standard InChI is InChI=1S/C10H17NO4/c12-8-5-6-9(13)11(8)7-3-1-2-4-10(14)15/h5-6,8-9,12-13H,1-4,7H2,(H,14,15). The van der Waals surface area contributed by atoms with Crippen molar-refractivity contribution < 1.29 is 20.1 Å². The summed E-state index contributed by atoms with van der Waals surface area (Å²) in [5.74, 6) is -0.780. The molecular weight excluding hydrogens is 198 g/mol. The molecule has 0 saturated heterocycles. The molecule has 0 saturated carbocycles. The fourth-order valence-electron chi connectivity index (χ4n) is 1.59. The molecule has 5 heteroatoms. The van der Waals surface area contributed by atoms with Gasteiger partial charge in [0.1, 0.15) is 12.5 Å². The van der Waals surface area contributed by atoms with E-state index in [-0.39, 0.29) is 6.42 Å². The van der Waals surface area contributed by atoms with Crippen LogP contribution in [0.1, 0.15) is 25.7 Å². The number of aliphatic hydroxyl groups excluding tert-OH is 2. The molecule has 0 fully saturated rings. The molecule has 0 aromatic carbocycles. The molecule has 0 aliphatic carbocycles. The predicted octanol–water partition coefficient (Wildman–Crippen LogP) is 0.140. The summed E-state index contributed by atoms with van der Waals surface area (Å²) in [6, 6.07) is 0. The van der Waals surface area contributed by atoms with Crippen LogP contribution in [0.3, 0.4) is 0 Å². The van der Waals surface area contributed by atoms with Crippen molar-refractivity contribution in [1.29, 1.82) is 0 Å². The first kappa shape index (κ1) is 12.2. The summed E-state index contributed by atoms with van der Waals surface area (Å²) >= 11 is 0. The van der Waals surface area contributed by atoms with Gasteiger partial charge in [-0.1, -0.05) is 6.42 Å². The van der Waals surface area contributed by atoms with E-state index in [1.165, 1.54) is 0 Å². The van der Waals surface area contributed by atoms with Gasteiger partial charge in [-0.3, -0.25) is 4.79 Å². The summed E-state index contributed by atoms with van der Waals surface area (Å²) in [5.41, 5.74) is 0. The van der Waals surface area contributed by atoms with Gasteiger partial charge in [-0.15, -0.1) is 0 Å². The number of unbranched alkanes of at least 4 members (excludes halogenated alkanes) is 2. The number of aliphatic hydroxyl groups is 2. The van der Waals surface area contributed by atoms with Crippen LogP contribution in [0.15, 0.2) is 12.2 Å². The van der Waals surface area contributed by atoms with Crippen molar-refractivity contribution in [3.8, 4) is 0 Å². The molecule has 0 aromatic heterocycles. The topological polar surface area (TPSA) is 81.0 Å². The fourth-order valence-corrected chi connectivity index (χ4v) is 1.59. The van der Waals surface area contributed by atoms with Crippen LogP contribution in [0.25, 0.3) is 0 Å². The number of carboxylic acids is 1. The first-order chi connectivity index (χ1) is 7.11. The molecule has 0 aromatic rings. The second kappa shape index (κ2) is 5.85. The van der Waals surface area contributed by atoms with Crippen LogP contribution in [0, 0.1) is 0 Å². The van der Waals surface area contributed by atoms with E-state index < -0.39 is 18.4 Å². The Morgan fingerprint density at radius 1 is 1.13 bits per heavy atom. The number of hydrogen-bond donors (Lipinski definition) is 3. The van der Waals surface area contributed by atoms with Crippen molar-refractivity contribution in [3.05, 3.63) is 12.2 Å². The lowest BCUT2D eigenvalue weighted by atomic mass is 10.2.